The Bertz CT molecular complexity index is 86.1. The van der Waals surface area contributed by atoms with Crippen molar-refractivity contribution in [2.75, 3.05) is 6.67 Å². The van der Waals surface area contributed by atoms with Gasteiger partial charge in [-0.25, -0.2) is 8.78 Å². The predicted molar refractivity (Wildman–Crippen MR) is 28.1 cm³/mol. The third-order valence-electron chi connectivity index (χ3n) is 0.556. The van der Waals surface area contributed by atoms with Crippen molar-refractivity contribution in [1.82, 2.24) is 0 Å². The minimum atomic E-state index is -1.69. The van der Waals surface area contributed by atoms with Crippen LogP contribution in [0.1, 0.15) is 6.42 Å². The summed E-state index contributed by atoms with van der Waals surface area (Å²) in [5.41, 5.74) is 0. The van der Waals surface area contributed by atoms with Crippen LogP contribution in [0.15, 0.2) is 0 Å². The normalized spacial score (nSPS) is 13.2. The Balaban J connectivity index is 3.24. The maximum Gasteiger partial charge on any atom is 0.221 e. The van der Waals surface area contributed by atoms with Crippen LogP contribution in [-0.4, -0.2) is 18.0 Å². The van der Waals surface area contributed by atoms with Crippen LogP contribution in [0.25, 0.3) is 0 Å². The molecular formula is C4H5F2OS. The molecule has 8 heavy (non-hydrogen) atoms. The summed E-state index contributed by atoms with van der Waals surface area (Å²) in [5.74, 6) is 0. The third kappa shape index (κ3) is 3.92. The maximum absolute atomic E-state index is 11.7. The van der Waals surface area contributed by atoms with Crippen molar-refractivity contribution in [3.05, 3.63) is 0 Å². The molecule has 0 spiro atoms. The minimum absolute atomic E-state index is 0.480. The van der Waals surface area contributed by atoms with E-state index >= 15 is 0 Å². The molecule has 1 atom stereocenters. The van der Waals surface area contributed by atoms with Gasteiger partial charge in [-0.3, -0.25) is 4.79 Å². The van der Waals surface area contributed by atoms with Gasteiger partial charge < -0.3 is 0 Å². The second-order valence-electron chi connectivity index (χ2n) is 1.33. The van der Waals surface area contributed by atoms with Crippen molar-refractivity contribution in [3.63, 3.8) is 0 Å². The first kappa shape index (κ1) is 7.75. The zero-order chi connectivity index (χ0) is 6.57. The van der Waals surface area contributed by atoms with Gasteiger partial charge in [0.1, 0.15) is 12.8 Å². The Morgan fingerprint density at radius 1 is 1.75 bits per heavy atom. The SMILES string of the molecule is O=C([S])CC(F)CF. The second kappa shape index (κ2) is 3.72. The molecule has 0 amide bonds. The Morgan fingerprint density at radius 3 is 2.38 bits per heavy atom. The molecule has 0 aromatic carbocycles. The molecule has 1 nitrogen and oxygen atoms in total. The molecule has 47 valence electrons. The molecule has 0 saturated heterocycles. The van der Waals surface area contributed by atoms with E-state index < -0.39 is 24.4 Å². The topological polar surface area (TPSA) is 17.1 Å². The molecular weight excluding hydrogens is 134 g/mol. The highest BCUT2D eigenvalue weighted by Crippen LogP contribution is 2.00. The van der Waals surface area contributed by atoms with Gasteiger partial charge in [-0.1, -0.05) is 0 Å². The van der Waals surface area contributed by atoms with E-state index in [1.807, 2.05) is 0 Å². The van der Waals surface area contributed by atoms with Crippen molar-refractivity contribution in [2.45, 2.75) is 12.6 Å². The highest BCUT2D eigenvalue weighted by atomic mass is 32.1. The first-order valence-corrected chi connectivity index (χ1v) is 2.47. The number of alkyl halides is 2. The van der Waals surface area contributed by atoms with E-state index in [2.05, 4.69) is 12.6 Å². The Morgan fingerprint density at radius 2 is 2.25 bits per heavy atom. The van der Waals surface area contributed by atoms with Gasteiger partial charge in [0.25, 0.3) is 0 Å². The van der Waals surface area contributed by atoms with Crippen LogP contribution in [0.2, 0.25) is 0 Å². The van der Waals surface area contributed by atoms with Crippen molar-refractivity contribution >= 4 is 17.7 Å². The summed E-state index contributed by atoms with van der Waals surface area (Å²) in [6.45, 7) is -1.12. The monoisotopic (exact) mass is 139 g/mol. The van der Waals surface area contributed by atoms with E-state index in [0.717, 1.165) is 0 Å². The summed E-state index contributed by atoms with van der Waals surface area (Å²) in [5, 5.41) is -0.727. The fourth-order valence-electron chi connectivity index (χ4n) is 0.235. The molecule has 0 heterocycles. The number of rotatable bonds is 3. The molecule has 0 aliphatic rings. The second-order valence-corrected chi connectivity index (χ2v) is 1.78. The highest BCUT2D eigenvalue weighted by molar-refractivity contribution is 7.96. The fraction of sp³-hybridized carbons (Fsp3) is 0.750. The van der Waals surface area contributed by atoms with E-state index in [4.69, 9.17) is 0 Å². The molecule has 0 N–H and O–H groups in total. The molecule has 1 unspecified atom stereocenters. The minimum Gasteiger partial charge on any atom is -0.282 e. The van der Waals surface area contributed by atoms with Crippen LogP contribution in [0.3, 0.4) is 0 Å². The molecule has 1 radical (unpaired) electrons. The predicted octanol–water partition coefficient (Wildman–Crippen LogP) is 1.41. The largest absolute Gasteiger partial charge is 0.282 e. The first-order valence-electron chi connectivity index (χ1n) is 2.06. The average molecular weight is 139 g/mol. The lowest BCUT2D eigenvalue weighted by Gasteiger charge is -1.94. The van der Waals surface area contributed by atoms with Crippen LogP contribution in [-0.2, 0) is 4.79 Å². The molecule has 0 bridgehead atoms. The maximum atomic E-state index is 11.7. The summed E-state index contributed by atoms with van der Waals surface area (Å²) in [6, 6.07) is 0. The molecule has 0 aliphatic heterocycles. The molecule has 0 rings (SSSR count). The number of hydrogen-bond donors (Lipinski definition) is 0. The van der Waals surface area contributed by atoms with Gasteiger partial charge in [0.2, 0.25) is 5.12 Å². The van der Waals surface area contributed by atoms with Crippen molar-refractivity contribution in [2.24, 2.45) is 0 Å². The summed E-state index contributed by atoms with van der Waals surface area (Å²) in [7, 11) is 0. The van der Waals surface area contributed by atoms with E-state index in [1.165, 1.54) is 0 Å². The van der Waals surface area contributed by atoms with Crippen LogP contribution in [0, 0.1) is 0 Å². The number of halogens is 2. The average Bonchev–Trinajstić information content (AvgIpc) is 1.65. The molecule has 0 fully saturated rings. The standard InChI is InChI=1S/C4H5F2OS/c5-2-3(6)1-4(7)8/h3H,1-2H2. The van der Waals surface area contributed by atoms with Crippen LogP contribution in [0.5, 0.6) is 0 Å². The van der Waals surface area contributed by atoms with E-state index in [-0.39, 0.29) is 0 Å². The van der Waals surface area contributed by atoms with E-state index in [9.17, 15) is 13.6 Å². The zero-order valence-electron chi connectivity index (χ0n) is 4.06. The summed E-state index contributed by atoms with van der Waals surface area (Å²) in [4.78, 5) is 9.82. The summed E-state index contributed by atoms with van der Waals surface area (Å²) < 4.78 is 22.9. The van der Waals surface area contributed by atoms with Crippen LogP contribution in [0.4, 0.5) is 8.78 Å². The first-order chi connectivity index (χ1) is 3.66. The summed E-state index contributed by atoms with van der Waals surface area (Å²) >= 11 is 3.98. The van der Waals surface area contributed by atoms with E-state index in [1.54, 1.807) is 0 Å². The molecule has 0 saturated carbocycles. The number of carbonyl (C=O) groups excluding carboxylic acids is 1. The van der Waals surface area contributed by atoms with E-state index in [0.29, 0.717) is 0 Å². The lowest BCUT2D eigenvalue weighted by atomic mass is 10.3. The highest BCUT2D eigenvalue weighted by Gasteiger charge is 2.08. The van der Waals surface area contributed by atoms with Gasteiger partial charge in [0.15, 0.2) is 0 Å². The van der Waals surface area contributed by atoms with Gasteiger partial charge in [-0.2, -0.15) is 0 Å². The third-order valence-corrected chi connectivity index (χ3v) is 0.722. The Hall–Kier alpha value is -0.250. The molecule has 0 aromatic heterocycles. The number of hydrogen-bond acceptors (Lipinski definition) is 1. The van der Waals surface area contributed by atoms with Gasteiger partial charge in [-0.15, -0.1) is 0 Å². The fourth-order valence-corrected chi connectivity index (χ4v) is 0.416. The lowest BCUT2D eigenvalue weighted by Crippen LogP contribution is -2.05. The van der Waals surface area contributed by atoms with Gasteiger partial charge in [0.05, 0.1) is 6.42 Å². The zero-order valence-corrected chi connectivity index (χ0v) is 4.88. The van der Waals surface area contributed by atoms with Crippen molar-refractivity contribution < 1.29 is 13.6 Å². The van der Waals surface area contributed by atoms with Gasteiger partial charge in [-0.05, 0) is 12.6 Å². The van der Waals surface area contributed by atoms with Crippen molar-refractivity contribution in [1.29, 1.82) is 0 Å². The summed E-state index contributed by atoms with van der Waals surface area (Å²) in [6.07, 6.45) is -2.17. The molecule has 0 aromatic rings. The lowest BCUT2D eigenvalue weighted by molar-refractivity contribution is -0.111. The van der Waals surface area contributed by atoms with Crippen LogP contribution >= 0.6 is 12.6 Å². The van der Waals surface area contributed by atoms with Crippen LogP contribution < -0.4 is 0 Å². The Kier molecular flexibility index (Phi) is 3.60. The Labute approximate surface area is 51.5 Å². The van der Waals surface area contributed by atoms with Gasteiger partial charge >= 0.3 is 0 Å². The quantitative estimate of drug-likeness (QED) is 0.577. The number of carbonyl (C=O) groups is 1. The smallest absolute Gasteiger partial charge is 0.221 e. The molecule has 0 aliphatic carbocycles. The van der Waals surface area contributed by atoms with Crippen molar-refractivity contribution in [3.8, 4) is 0 Å². The molecule has 4 heteroatoms. The van der Waals surface area contributed by atoms with Gasteiger partial charge in [0, 0.05) is 0 Å².